The van der Waals surface area contributed by atoms with E-state index in [2.05, 4.69) is 26.5 Å². The van der Waals surface area contributed by atoms with Crippen molar-refractivity contribution in [2.24, 2.45) is 5.10 Å². The summed E-state index contributed by atoms with van der Waals surface area (Å²) in [6, 6.07) is 9.77. The second-order valence-corrected chi connectivity index (χ2v) is 5.79. The van der Waals surface area contributed by atoms with Gasteiger partial charge in [0, 0.05) is 20.6 Å². The van der Waals surface area contributed by atoms with E-state index in [0.717, 1.165) is 4.47 Å². The Morgan fingerprint density at radius 1 is 1.29 bits per heavy atom. The lowest BCUT2D eigenvalue weighted by Gasteiger charge is -2.03. The molecule has 0 aromatic heterocycles. The van der Waals surface area contributed by atoms with Crippen LogP contribution in [0.1, 0.15) is 15.9 Å². The molecule has 0 fully saturated rings. The number of carbonyl (C=O) groups excluding carboxylic acids is 1. The first kappa shape index (κ1) is 15.8. The summed E-state index contributed by atoms with van der Waals surface area (Å²) in [4.78, 5) is 11.8. The molecule has 0 aliphatic heterocycles. The molecule has 0 unspecified atom stereocenters. The summed E-state index contributed by atoms with van der Waals surface area (Å²) < 4.78 is 0.790. The number of amides is 1. The molecule has 2 aromatic carbocycles. The summed E-state index contributed by atoms with van der Waals surface area (Å²) in [5, 5.41) is 14.0. The molecule has 2 N–H and O–H groups in total. The van der Waals surface area contributed by atoms with Crippen molar-refractivity contribution < 1.29 is 9.90 Å². The van der Waals surface area contributed by atoms with Crippen molar-refractivity contribution in [2.75, 3.05) is 0 Å². The molecule has 21 heavy (non-hydrogen) atoms. The summed E-state index contributed by atoms with van der Waals surface area (Å²) in [5.74, 6) is -0.526. The van der Waals surface area contributed by atoms with Crippen LogP contribution in [0.2, 0.25) is 10.0 Å². The molecular weight excluding hydrogens is 379 g/mol. The fraction of sp³-hybridized carbons (Fsp3) is 0. The molecule has 0 radical (unpaired) electrons. The number of rotatable bonds is 3. The van der Waals surface area contributed by atoms with Gasteiger partial charge in [-0.05, 0) is 30.3 Å². The first-order valence-electron chi connectivity index (χ1n) is 5.74. The molecule has 0 spiro atoms. The second kappa shape index (κ2) is 6.93. The number of hydrogen-bond acceptors (Lipinski definition) is 3. The van der Waals surface area contributed by atoms with E-state index in [-0.39, 0.29) is 16.7 Å². The Morgan fingerprint density at radius 3 is 2.76 bits per heavy atom. The molecule has 0 heterocycles. The second-order valence-electron chi connectivity index (χ2n) is 4.03. The van der Waals surface area contributed by atoms with E-state index in [1.54, 1.807) is 18.2 Å². The SMILES string of the molecule is O=C(N/N=C\c1cc(Cl)cc(Cl)c1O)c1cccc(Br)c1. The molecule has 7 heteroatoms. The number of carbonyl (C=O) groups is 1. The van der Waals surface area contributed by atoms with Gasteiger partial charge in [0.05, 0.1) is 11.2 Å². The van der Waals surface area contributed by atoms with Gasteiger partial charge in [-0.15, -0.1) is 0 Å². The topological polar surface area (TPSA) is 61.7 Å². The van der Waals surface area contributed by atoms with Gasteiger partial charge in [0.2, 0.25) is 0 Å². The Balaban J connectivity index is 2.11. The van der Waals surface area contributed by atoms with Gasteiger partial charge in [-0.25, -0.2) is 5.43 Å². The lowest BCUT2D eigenvalue weighted by Crippen LogP contribution is -2.17. The van der Waals surface area contributed by atoms with E-state index in [0.29, 0.717) is 16.1 Å². The van der Waals surface area contributed by atoms with Crippen LogP contribution in [0.15, 0.2) is 46.0 Å². The van der Waals surface area contributed by atoms with Crippen LogP contribution in [0.25, 0.3) is 0 Å². The number of hydrazone groups is 1. The van der Waals surface area contributed by atoms with Crippen LogP contribution in [0, 0.1) is 0 Å². The summed E-state index contributed by atoms with van der Waals surface area (Å²) in [7, 11) is 0. The molecule has 2 aromatic rings. The molecule has 108 valence electrons. The molecular formula is C14H9BrCl2N2O2. The highest BCUT2D eigenvalue weighted by Crippen LogP contribution is 2.29. The quantitative estimate of drug-likeness (QED) is 0.611. The van der Waals surface area contributed by atoms with Crippen molar-refractivity contribution in [3.63, 3.8) is 0 Å². The number of halogens is 3. The maximum Gasteiger partial charge on any atom is 0.271 e. The number of phenolic OH excluding ortho intramolecular Hbond substituents is 1. The molecule has 0 aliphatic carbocycles. The first-order valence-corrected chi connectivity index (χ1v) is 7.29. The van der Waals surface area contributed by atoms with E-state index >= 15 is 0 Å². The molecule has 0 bridgehead atoms. The van der Waals surface area contributed by atoms with Gasteiger partial charge in [-0.3, -0.25) is 4.79 Å². The van der Waals surface area contributed by atoms with Crippen LogP contribution in [-0.4, -0.2) is 17.2 Å². The molecule has 0 aliphatic rings. The summed E-state index contributed by atoms with van der Waals surface area (Å²) >= 11 is 14.9. The Morgan fingerprint density at radius 2 is 2.05 bits per heavy atom. The smallest absolute Gasteiger partial charge is 0.271 e. The minimum Gasteiger partial charge on any atom is -0.506 e. The summed E-state index contributed by atoms with van der Waals surface area (Å²) in [6.45, 7) is 0. The van der Waals surface area contributed by atoms with Crippen molar-refractivity contribution in [1.29, 1.82) is 0 Å². The highest BCUT2D eigenvalue weighted by Gasteiger charge is 2.07. The predicted molar refractivity (Wildman–Crippen MR) is 87.3 cm³/mol. The number of aromatic hydroxyl groups is 1. The van der Waals surface area contributed by atoms with Crippen LogP contribution in [0.3, 0.4) is 0 Å². The van der Waals surface area contributed by atoms with Crippen LogP contribution in [0.4, 0.5) is 0 Å². The van der Waals surface area contributed by atoms with E-state index in [9.17, 15) is 9.90 Å². The van der Waals surface area contributed by atoms with E-state index in [4.69, 9.17) is 23.2 Å². The Kier molecular flexibility index (Phi) is 5.22. The number of nitrogens with one attached hydrogen (secondary N) is 1. The maximum atomic E-state index is 11.8. The van der Waals surface area contributed by atoms with Crippen molar-refractivity contribution in [1.82, 2.24) is 5.43 Å². The van der Waals surface area contributed by atoms with Gasteiger partial charge >= 0.3 is 0 Å². The number of nitrogens with zero attached hydrogens (tertiary/aromatic N) is 1. The fourth-order valence-electron chi connectivity index (χ4n) is 1.54. The number of benzene rings is 2. The number of phenols is 1. The maximum absolute atomic E-state index is 11.8. The number of hydrogen-bond donors (Lipinski definition) is 2. The highest BCUT2D eigenvalue weighted by atomic mass is 79.9. The van der Waals surface area contributed by atoms with Gasteiger partial charge in [0.1, 0.15) is 5.75 Å². The zero-order valence-corrected chi connectivity index (χ0v) is 13.6. The molecule has 4 nitrogen and oxygen atoms in total. The average Bonchev–Trinajstić information content (AvgIpc) is 2.43. The third kappa shape index (κ3) is 4.20. The van der Waals surface area contributed by atoms with Crippen LogP contribution in [-0.2, 0) is 0 Å². The summed E-state index contributed by atoms with van der Waals surface area (Å²) in [5.41, 5.74) is 3.11. The summed E-state index contributed by atoms with van der Waals surface area (Å²) in [6.07, 6.45) is 1.27. The van der Waals surface area contributed by atoms with Gasteiger partial charge in [-0.2, -0.15) is 5.10 Å². The monoisotopic (exact) mass is 386 g/mol. The zero-order valence-electron chi connectivity index (χ0n) is 10.5. The van der Waals surface area contributed by atoms with Crippen LogP contribution < -0.4 is 5.43 Å². The van der Waals surface area contributed by atoms with Crippen molar-refractivity contribution >= 4 is 51.3 Å². The van der Waals surface area contributed by atoms with Crippen molar-refractivity contribution in [3.05, 3.63) is 62.0 Å². The Bertz CT molecular complexity index is 720. The average molecular weight is 388 g/mol. The molecule has 1 amide bonds. The first-order chi connectivity index (χ1) is 9.97. The third-order valence-electron chi connectivity index (χ3n) is 2.51. The van der Waals surface area contributed by atoms with Crippen molar-refractivity contribution in [3.8, 4) is 5.75 Å². The van der Waals surface area contributed by atoms with Crippen LogP contribution >= 0.6 is 39.1 Å². The molecule has 2 rings (SSSR count). The molecule has 0 atom stereocenters. The Labute approximate surface area is 139 Å². The molecule has 0 saturated heterocycles. The van der Waals surface area contributed by atoms with Gasteiger partial charge in [0.15, 0.2) is 0 Å². The van der Waals surface area contributed by atoms with E-state index in [1.165, 1.54) is 18.3 Å². The van der Waals surface area contributed by atoms with E-state index in [1.807, 2.05) is 6.07 Å². The minimum absolute atomic E-state index is 0.113. The lowest BCUT2D eigenvalue weighted by atomic mass is 10.2. The van der Waals surface area contributed by atoms with Gasteiger partial charge < -0.3 is 5.11 Å². The van der Waals surface area contributed by atoms with Crippen molar-refractivity contribution in [2.45, 2.75) is 0 Å². The standard InChI is InChI=1S/C14H9BrCl2N2O2/c15-10-3-1-2-8(4-10)14(21)19-18-7-9-5-11(16)6-12(17)13(9)20/h1-7,20H,(H,19,21)/b18-7-. The van der Waals surface area contributed by atoms with E-state index < -0.39 is 0 Å². The lowest BCUT2D eigenvalue weighted by molar-refractivity contribution is 0.0955. The zero-order chi connectivity index (χ0) is 15.4. The predicted octanol–water partition coefficient (Wildman–Crippen LogP) is 4.23. The molecule has 0 saturated carbocycles. The normalized spacial score (nSPS) is 10.8. The largest absolute Gasteiger partial charge is 0.506 e. The van der Waals surface area contributed by atoms with Gasteiger partial charge in [-0.1, -0.05) is 45.2 Å². The Hall–Kier alpha value is -1.56. The van der Waals surface area contributed by atoms with Crippen LogP contribution in [0.5, 0.6) is 5.75 Å². The highest BCUT2D eigenvalue weighted by molar-refractivity contribution is 9.10. The third-order valence-corrected chi connectivity index (χ3v) is 3.51. The fourth-order valence-corrected chi connectivity index (χ4v) is 2.45. The van der Waals surface area contributed by atoms with Gasteiger partial charge in [0.25, 0.3) is 5.91 Å². The minimum atomic E-state index is -0.375.